The van der Waals surface area contributed by atoms with E-state index in [-0.39, 0.29) is 42.0 Å². The number of aromatic nitrogens is 3. The van der Waals surface area contributed by atoms with Gasteiger partial charge in [0.25, 0.3) is 5.91 Å². The van der Waals surface area contributed by atoms with Crippen molar-refractivity contribution < 1.29 is 28.2 Å². The largest absolute Gasteiger partial charge is 0.490 e. The van der Waals surface area contributed by atoms with Crippen LogP contribution in [0.4, 0.5) is 8.78 Å². The summed E-state index contributed by atoms with van der Waals surface area (Å²) in [5, 5.41) is 25.0. The Morgan fingerprint density at radius 2 is 2.05 bits per heavy atom. The van der Waals surface area contributed by atoms with Crippen molar-refractivity contribution in [2.75, 3.05) is 19.8 Å². The van der Waals surface area contributed by atoms with Gasteiger partial charge in [-0.3, -0.25) is 14.7 Å². The lowest BCUT2D eigenvalue weighted by atomic mass is 9.93. The standard InChI is InChI=1S/C32H27F2N5O4S/c1-3-26(41)36-16(2)23-15-24(39-38-23)30-28(27-22(34)13-19(33)14-25(27)43-10-9-40)31-20(7-11-44-31)29(37-30)18-5-4-17-6-8-35-32(42)21(17)12-18/h3-5,7,11-16,40H,1,6,8-10H2,2H3,(H,35,42)(H,36,41)(H,38,39). The second kappa shape index (κ2) is 12.0. The van der Waals surface area contributed by atoms with Crippen molar-refractivity contribution in [2.24, 2.45) is 0 Å². The first-order valence-electron chi connectivity index (χ1n) is 13.8. The minimum absolute atomic E-state index is 0.0382. The number of hydrogen-bond acceptors (Lipinski definition) is 7. The Kier molecular flexibility index (Phi) is 7.93. The van der Waals surface area contributed by atoms with Gasteiger partial charge in [0.05, 0.1) is 29.6 Å². The Balaban J connectivity index is 1.62. The highest BCUT2D eigenvalue weighted by Crippen LogP contribution is 2.47. The van der Waals surface area contributed by atoms with Gasteiger partial charge in [0.1, 0.15) is 35.4 Å². The summed E-state index contributed by atoms with van der Waals surface area (Å²) in [5.41, 5.74) is 4.14. The molecule has 1 aliphatic rings. The molecule has 4 heterocycles. The van der Waals surface area contributed by atoms with Gasteiger partial charge in [-0.15, -0.1) is 11.3 Å². The Hall–Kier alpha value is -4.94. The number of hydrogen-bond donors (Lipinski definition) is 4. The summed E-state index contributed by atoms with van der Waals surface area (Å²) in [5.74, 6) is -2.36. The van der Waals surface area contributed by atoms with Crippen molar-refractivity contribution >= 4 is 33.2 Å². The number of halogens is 2. The fraction of sp³-hybridized carbons (Fsp3) is 0.188. The van der Waals surface area contributed by atoms with E-state index in [0.29, 0.717) is 56.8 Å². The lowest BCUT2D eigenvalue weighted by molar-refractivity contribution is -0.117. The molecule has 0 fully saturated rings. The molecule has 0 aliphatic carbocycles. The van der Waals surface area contributed by atoms with Crippen LogP contribution < -0.4 is 15.4 Å². The molecule has 1 atom stereocenters. The van der Waals surface area contributed by atoms with Crippen molar-refractivity contribution in [3.05, 3.63) is 89.0 Å². The van der Waals surface area contributed by atoms with Crippen molar-refractivity contribution in [2.45, 2.75) is 19.4 Å². The highest BCUT2D eigenvalue weighted by molar-refractivity contribution is 7.18. The van der Waals surface area contributed by atoms with Crippen molar-refractivity contribution in [3.63, 3.8) is 0 Å². The second-order valence-corrected chi connectivity index (χ2v) is 11.1. The number of nitrogens with zero attached hydrogens (tertiary/aromatic N) is 2. The molecule has 2 aromatic carbocycles. The van der Waals surface area contributed by atoms with E-state index in [9.17, 15) is 19.1 Å². The number of rotatable bonds is 9. The summed E-state index contributed by atoms with van der Waals surface area (Å²) in [7, 11) is 0. The number of H-pyrrole nitrogens is 1. The van der Waals surface area contributed by atoms with Gasteiger partial charge in [-0.2, -0.15) is 5.10 Å². The minimum atomic E-state index is -0.878. The number of thiophene rings is 1. The summed E-state index contributed by atoms with van der Waals surface area (Å²) in [6.45, 7) is 5.26. The number of carbonyl (C=O) groups is 2. The smallest absolute Gasteiger partial charge is 0.251 e. The predicted octanol–water partition coefficient (Wildman–Crippen LogP) is 5.32. The molecule has 1 aliphatic heterocycles. The Morgan fingerprint density at radius 1 is 1.20 bits per heavy atom. The van der Waals surface area contributed by atoms with E-state index in [1.807, 2.05) is 23.6 Å². The first-order chi connectivity index (χ1) is 21.3. The topological polar surface area (TPSA) is 129 Å². The fourth-order valence-corrected chi connectivity index (χ4v) is 6.26. The molecule has 6 rings (SSSR count). The van der Waals surface area contributed by atoms with Gasteiger partial charge in [0, 0.05) is 45.5 Å². The first-order valence-corrected chi connectivity index (χ1v) is 14.7. The molecule has 0 saturated carbocycles. The third-order valence-corrected chi connectivity index (χ3v) is 8.32. The third-order valence-electron chi connectivity index (χ3n) is 7.38. The molecule has 0 spiro atoms. The van der Waals surface area contributed by atoms with Crippen LogP contribution in [0.1, 0.15) is 34.6 Å². The average Bonchev–Trinajstić information content (AvgIpc) is 3.70. The summed E-state index contributed by atoms with van der Waals surface area (Å²) >= 11 is 1.34. The van der Waals surface area contributed by atoms with Crippen LogP contribution in [0.25, 0.3) is 43.9 Å². The number of ether oxygens (including phenoxy) is 1. The van der Waals surface area contributed by atoms with Crippen LogP contribution >= 0.6 is 11.3 Å². The van der Waals surface area contributed by atoms with E-state index in [1.165, 1.54) is 11.3 Å². The molecule has 1 unspecified atom stereocenters. The normalized spacial score (nSPS) is 13.3. The number of fused-ring (bicyclic) bond motifs is 2. The van der Waals surface area contributed by atoms with Crippen molar-refractivity contribution in [1.82, 2.24) is 25.8 Å². The first kappa shape index (κ1) is 29.1. The molecule has 4 N–H and O–H groups in total. The van der Waals surface area contributed by atoms with E-state index in [4.69, 9.17) is 9.72 Å². The molecular weight excluding hydrogens is 588 g/mol. The van der Waals surface area contributed by atoms with Crippen LogP contribution in [0.3, 0.4) is 0 Å². The summed E-state index contributed by atoms with van der Waals surface area (Å²) in [4.78, 5) is 29.6. The molecule has 44 heavy (non-hydrogen) atoms. The summed E-state index contributed by atoms with van der Waals surface area (Å²) in [6.07, 6.45) is 1.87. The summed E-state index contributed by atoms with van der Waals surface area (Å²) < 4.78 is 36.5. The molecule has 2 amide bonds. The number of aliphatic hydroxyl groups excluding tert-OH is 1. The minimum Gasteiger partial charge on any atom is -0.490 e. The Labute approximate surface area is 254 Å². The van der Waals surface area contributed by atoms with Crippen LogP contribution in [0.5, 0.6) is 5.75 Å². The van der Waals surface area contributed by atoms with Crippen LogP contribution in [-0.4, -0.2) is 51.9 Å². The fourth-order valence-electron chi connectivity index (χ4n) is 5.31. The van der Waals surface area contributed by atoms with Crippen LogP contribution in [0.15, 0.2) is 60.5 Å². The number of amides is 2. The van der Waals surface area contributed by atoms with Crippen LogP contribution in [0.2, 0.25) is 0 Å². The molecule has 5 aromatic rings. The molecule has 3 aromatic heterocycles. The van der Waals surface area contributed by atoms with Gasteiger partial charge in [-0.05, 0) is 48.6 Å². The zero-order valence-corrected chi connectivity index (χ0v) is 24.4. The number of carbonyl (C=O) groups excluding carboxylic acids is 2. The van der Waals surface area contributed by atoms with Gasteiger partial charge in [-0.1, -0.05) is 18.7 Å². The SMILES string of the molecule is C=CC(=O)NC(C)c1cc(-c2nc(-c3ccc4c(c3)C(=O)NCC4)c3ccsc3c2-c2c(F)cc(F)cc2OCCO)n[nH]1. The maximum atomic E-state index is 15.8. The second-order valence-electron chi connectivity index (χ2n) is 10.2. The van der Waals surface area contributed by atoms with Gasteiger partial charge in [-0.25, -0.2) is 13.8 Å². The molecular formula is C32H27F2N5O4S. The lowest BCUT2D eigenvalue weighted by Crippen LogP contribution is -2.31. The predicted molar refractivity (Wildman–Crippen MR) is 163 cm³/mol. The van der Waals surface area contributed by atoms with Crippen LogP contribution in [-0.2, 0) is 11.2 Å². The van der Waals surface area contributed by atoms with Crippen LogP contribution in [0, 0.1) is 11.6 Å². The number of nitrogens with one attached hydrogen (secondary N) is 3. The zero-order valence-electron chi connectivity index (χ0n) is 23.5. The Bertz CT molecular complexity index is 1940. The molecule has 0 radical (unpaired) electrons. The van der Waals surface area contributed by atoms with Gasteiger partial charge in [0.15, 0.2) is 0 Å². The maximum Gasteiger partial charge on any atom is 0.251 e. The molecule has 9 nitrogen and oxygen atoms in total. The van der Waals surface area contributed by atoms with E-state index < -0.39 is 17.7 Å². The highest BCUT2D eigenvalue weighted by Gasteiger charge is 2.27. The average molecular weight is 616 g/mol. The summed E-state index contributed by atoms with van der Waals surface area (Å²) in [6, 6.07) is 10.5. The van der Waals surface area contributed by atoms with Crippen molar-refractivity contribution in [3.8, 4) is 39.5 Å². The van der Waals surface area contributed by atoms with E-state index in [1.54, 1.807) is 19.1 Å². The number of benzene rings is 2. The van der Waals surface area contributed by atoms with Crippen molar-refractivity contribution in [1.29, 1.82) is 0 Å². The maximum absolute atomic E-state index is 15.8. The number of aliphatic hydroxyl groups is 1. The molecule has 0 saturated heterocycles. The zero-order chi connectivity index (χ0) is 31.0. The third kappa shape index (κ3) is 5.33. The molecule has 0 bridgehead atoms. The highest BCUT2D eigenvalue weighted by atomic mass is 32.1. The monoisotopic (exact) mass is 615 g/mol. The van der Waals surface area contributed by atoms with Gasteiger partial charge < -0.3 is 20.5 Å². The Morgan fingerprint density at radius 3 is 2.84 bits per heavy atom. The van der Waals surface area contributed by atoms with Gasteiger partial charge >= 0.3 is 0 Å². The molecule has 224 valence electrons. The number of pyridine rings is 1. The lowest BCUT2D eigenvalue weighted by Gasteiger charge is -2.19. The van der Waals surface area contributed by atoms with E-state index >= 15 is 4.39 Å². The van der Waals surface area contributed by atoms with Gasteiger partial charge in [0.2, 0.25) is 5.91 Å². The molecule has 12 heteroatoms. The van der Waals surface area contributed by atoms with E-state index in [2.05, 4.69) is 27.4 Å². The quantitative estimate of drug-likeness (QED) is 0.166. The number of aromatic amines is 1. The van der Waals surface area contributed by atoms with E-state index in [0.717, 1.165) is 23.8 Å².